The molecule has 1 aliphatic rings. The molecular weight excluding hydrogens is 976 g/mol. The molecule has 0 amide bonds. The molecule has 28 heteroatoms. The summed E-state index contributed by atoms with van der Waals surface area (Å²) in [5, 5.41) is 72.0. The lowest BCUT2D eigenvalue weighted by Crippen LogP contribution is -2.43. The second-order valence-electron chi connectivity index (χ2n) is 15.8. The molecule has 72 heavy (non-hydrogen) atoms. The Labute approximate surface area is 418 Å². The van der Waals surface area contributed by atoms with E-state index in [1.165, 1.54) is 41.5 Å². The standard InChI is InChI=1S/C25H44O16.C13H28O8.C6H8O4/c1-17(26)21(30)38-9-5-34-13-25(14-35-6-10-39-22(31)18(2)27,15-36-7-11-40-23(32)19(3)28)16-37-8-12-41-24(33)20(4)29;14-1-5-18-9-13(10-19-6-2-15,11-20-7-3-16)12-21-8-4-17;1-3-5(7)10-4(2)6(8)9-3/h17-20,26-29H,5-16H2,1-4H3;14-17H,1-12H2;3-4H,1-2H3. The van der Waals surface area contributed by atoms with Crippen LogP contribution in [0.25, 0.3) is 0 Å². The molecule has 0 aromatic heterocycles. The number of hydrogen-bond acceptors (Lipinski definition) is 28. The molecule has 28 nitrogen and oxygen atoms in total. The molecule has 0 bridgehead atoms. The molecule has 0 spiro atoms. The highest BCUT2D eigenvalue weighted by Gasteiger charge is 2.35. The van der Waals surface area contributed by atoms with E-state index in [-0.39, 0.29) is 159 Å². The summed E-state index contributed by atoms with van der Waals surface area (Å²) >= 11 is 0. The number of aliphatic hydroxyl groups is 8. The first kappa shape index (κ1) is 70.3. The monoisotopic (exact) mass is 1060 g/mol. The third kappa shape index (κ3) is 36.2. The molecule has 1 saturated heterocycles. The zero-order chi connectivity index (χ0) is 54.8. The van der Waals surface area contributed by atoms with Crippen LogP contribution in [0.3, 0.4) is 0 Å². The number of aliphatic hydroxyl groups excluding tert-OH is 8. The smallest absolute Gasteiger partial charge is 0.347 e. The lowest BCUT2D eigenvalue weighted by atomic mass is 9.92. The number of ether oxygens (including phenoxy) is 14. The van der Waals surface area contributed by atoms with Crippen LogP contribution in [-0.4, -0.2) is 272 Å². The van der Waals surface area contributed by atoms with Crippen molar-refractivity contribution in [2.75, 3.05) is 159 Å². The fourth-order valence-corrected chi connectivity index (χ4v) is 4.99. The highest BCUT2D eigenvalue weighted by Crippen LogP contribution is 2.22. The molecule has 8 N–H and O–H groups in total. The predicted molar refractivity (Wildman–Crippen MR) is 241 cm³/mol. The number of esters is 6. The van der Waals surface area contributed by atoms with Gasteiger partial charge >= 0.3 is 35.8 Å². The average Bonchev–Trinajstić information content (AvgIpc) is 3.33. The van der Waals surface area contributed by atoms with Crippen LogP contribution in [0.4, 0.5) is 0 Å². The summed E-state index contributed by atoms with van der Waals surface area (Å²) in [6, 6.07) is 0. The molecule has 0 saturated carbocycles. The summed E-state index contributed by atoms with van der Waals surface area (Å²) in [5.41, 5.74) is -1.65. The highest BCUT2D eigenvalue weighted by molar-refractivity contribution is 5.86. The van der Waals surface area contributed by atoms with E-state index in [4.69, 9.17) is 77.3 Å². The van der Waals surface area contributed by atoms with Gasteiger partial charge in [0.25, 0.3) is 0 Å². The Morgan fingerprint density at radius 3 is 0.736 bits per heavy atom. The molecule has 6 unspecified atom stereocenters. The zero-order valence-corrected chi connectivity index (χ0v) is 42.2. The maximum Gasteiger partial charge on any atom is 0.347 e. The topological polar surface area (TPSA) is 393 Å². The van der Waals surface area contributed by atoms with Gasteiger partial charge in [0, 0.05) is 0 Å². The van der Waals surface area contributed by atoms with Crippen LogP contribution in [-0.2, 0) is 95.1 Å². The van der Waals surface area contributed by atoms with E-state index >= 15 is 0 Å². The largest absolute Gasteiger partial charge is 0.461 e. The predicted octanol–water partition coefficient (Wildman–Crippen LogP) is -4.39. The van der Waals surface area contributed by atoms with E-state index in [1.54, 1.807) is 0 Å². The molecular formula is C44H80O28. The number of rotatable bonds is 40. The SMILES string of the molecule is CC(O)C(=O)OCCOCC(COCCOC(=O)C(C)O)(COCCOC(=O)C(C)O)COCCOC(=O)C(C)O.CC1OC(=O)C(C)OC1=O.OCCOCC(COCCO)(COCCO)COCCO. The van der Waals surface area contributed by atoms with Crippen molar-refractivity contribution in [2.24, 2.45) is 10.8 Å². The van der Waals surface area contributed by atoms with Gasteiger partial charge in [0.05, 0.1) is 143 Å². The minimum atomic E-state index is -1.29. The van der Waals surface area contributed by atoms with Crippen LogP contribution in [0.15, 0.2) is 0 Å². The van der Waals surface area contributed by atoms with Crippen LogP contribution in [0.2, 0.25) is 0 Å². The third-order valence-corrected chi connectivity index (χ3v) is 8.71. The van der Waals surface area contributed by atoms with Crippen molar-refractivity contribution in [1.29, 1.82) is 0 Å². The molecule has 1 aliphatic heterocycles. The van der Waals surface area contributed by atoms with Gasteiger partial charge in [-0.25, -0.2) is 28.8 Å². The Bertz CT molecular complexity index is 1240. The van der Waals surface area contributed by atoms with Crippen molar-refractivity contribution >= 4 is 35.8 Å². The Morgan fingerprint density at radius 2 is 0.569 bits per heavy atom. The third-order valence-electron chi connectivity index (χ3n) is 8.71. The molecule has 1 heterocycles. The molecule has 1 fully saturated rings. The second-order valence-corrected chi connectivity index (χ2v) is 15.8. The van der Waals surface area contributed by atoms with E-state index in [0.29, 0.717) is 0 Å². The minimum Gasteiger partial charge on any atom is -0.461 e. The minimum absolute atomic E-state index is 0.0514. The maximum absolute atomic E-state index is 11.4. The molecule has 0 aliphatic carbocycles. The van der Waals surface area contributed by atoms with Gasteiger partial charge < -0.3 is 107 Å². The molecule has 424 valence electrons. The normalized spacial score (nSPS) is 17.0. The van der Waals surface area contributed by atoms with Gasteiger partial charge in [0.15, 0.2) is 12.2 Å². The van der Waals surface area contributed by atoms with E-state index in [1.807, 2.05) is 0 Å². The maximum atomic E-state index is 11.4. The first-order valence-electron chi connectivity index (χ1n) is 23.0. The first-order valence-corrected chi connectivity index (χ1v) is 23.0. The average molecular weight is 1060 g/mol. The molecule has 6 atom stereocenters. The van der Waals surface area contributed by atoms with Crippen molar-refractivity contribution < 1.29 is 136 Å². The van der Waals surface area contributed by atoms with Crippen LogP contribution in [0.1, 0.15) is 41.5 Å². The van der Waals surface area contributed by atoms with Gasteiger partial charge in [-0.1, -0.05) is 0 Å². The molecule has 0 radical (unpaired) electrons. The zero-order valence-electron chi connectivity index (χ0n) is 42.2. The van der Waals surface area contributed by atoms with Crippen molar-refractivity contribution in [3.05, 3.63) is 0 Å². The second kappa shape index (κ2) is 43.6. The van der Waals surface area contributed by atoms with Gasteiger partial charge in [-0.3, -0.25) is 0 Å². The van der Waals surface area contributed by atoms with Crippen LogP contribution < -0.4 is 0 Å². The Morgan fingerprint density at radius 1 is 0.389 bits per heavy atom. The number of carbonyl (C=O) groups is 6. The van der Waals surface area contributed by atoms with Gasteiger partial charge in [0.1, 0.15) is 50.8 Å². The lowest BCUT2D eigenvalue weighted by molar-refractivity contribution is -0.191. The van der Waals surface area contributed by atoms with Gasteiger partial charge in [-0.2, -0.15) is 0 Å². The van der Waals surface area contributed by atoms with Crippen LogP contribution in [0, 0.1) is 10.8 Å². The van der Waals surface area contributed by atoms with E-state index < -0.39 is 83.3 Å². The fraction of sp³-hybridized carbons (Fsp3) is 0.864. The summed E-state index contributed by atoms with van der Waals surface area (Å²) < 4.78 is 72.7. The quantitative estimate of drug-likeness (QED) is 0.0163. The summed E-state index contributed by atoms with van der Waals surface area (Å²) in [4.78, 5) is 67.1. The number of hydrogen-bond donors (Lipinski definition) is 8. The molecule has 1 rings (SSSR count). The Hall–Kier alpha value is -3.82. The fourth-order valence-electron chi connectivity index (χ4n) is 4.99. The van der Waals surface area contributed by atoms with E-state index in [2.05, 4.69) is 9.47 Å². The van der Waals surface area contributed by atoms with Crippen LogP contribution in [0.5, 0.6) is 0 Å². The highest BCUT2D eigenvalue weighted by atomic mass is 16.6. The van der Waals surface area contributed by atoms with E-state index in [9.17, 15) is 49.2 Å². The lowest BCUT2D eigenvalue weighted by Gasteiger charge is -2.33. The van der Waals surface area contributed by atoms with Gasteiger partial charge in [-0.15, -0.1) is 0 Å². The van der Waals surface area contributed by atoms with Crippen molar-refractivity contribution in [3.8, 4) is 0 Å². The van der Waals surface area contributed by atoms with Gasteiger partial charge in [0.2, 0.25) is 0 Å². The number of carbonyl (C=O) groups excluding carboxylic acids is 6. The van der Waals surface area contributed by atoms with Crippen LogP contribution >= 0.6 is 0 Å². The first-order chi connectivity index (χ1) is 34.2. The summed E-state index contributed by atoms with van der Waals surface area (Å²) in [6.07, 6.45) is -6.67. The van der Waals surface area contributed by atoms with Gasteiger partial charge in [-0.05, 0) is 41.5 Å². The Balaban J connectivity index is 0. The summed E-state index contributed by atoms with van der Waals surface area (Å²) in [6.45, 7) is 8.22. The Kier molecular flexibility index (Phi) is 42.5. The van der Waals surface area contributed by atoms with E-state index in [0.717, 1.165) is 0 Å². The van der Waals surface area contributed by atoms with Crippen molar-refractivity contribution in [2.45, 2.75) is 78.2 Å². The summed E-state index contributed by atoms with van der Waals surface area (Å²) in [5.74, 6) is -4.24. The van der Waals surface area contributed by atoms with Crippen molar-refractivity contribution in [3.63, 3.8) is 0 Å². The summed E-state index contributed by atoms with van der Waals surface area (Å²) in [7, 11) is 0. The number of cyclic esters (lactones) is 2. The molecule has 0 aromatic rings. The van der Waals surface area contributed by atoms with Crippen molar-refractivity contribution in [1.82, 2.24) is 0 Å². The molecule has 0 aromatic carbocycles.